The number of aromatic nitrogens is 1. The van der Waals surface area contributed by atoms with Crippen molar-refractivity contribution in [3.8, 4) is 0 Å². The van der Waals surface area contributed by atoms with Gasteiger partial charge in [0.2, 0.25) is 0 Å². The molecule has 1 aromatic carbocycles. The Morgan fingerprint density at radius 3 is 2.50 bits per heavy atom. The highest BCUT2D eigenvalue weighted by atomic mass is 35.5. The van der Waals surface area contributed by atoms with E-state index < -0.39 is 17.4 Å². The number of rotatable bonds is 5. The van der Waals surface area contributed by atoms with Gasteiger partial charge in [0.05, 0.1) is 12.1 Å². The van der Waals surface area contributed by atoms with Crippen LogP contribution in [0.25, 0.3) is 0 Å². The first kappa shape index (κ1) is 18.2. The van der Waals surface area contributed by atoms with E-state index in [-0.39, 0.29) is 17.7 Å². The largest absolute Gasteiger partial charge is 0.480 e. The molecule has 7 heteroatoms. The Morgan fingerprint density at radius 2 is 1.85 bits per heavy atom. The first-order chi connectivity index (χ1) is 12.4. The Labute approximate surface area is 155 Å². The van der Waals surface area contributed by atoms with Gasteiger partial charge in [0.15, 0.2) is 0 Å². The SMILES string of the molecule is O=C(NC1(C(=O)O)CCCC1)c1ccc(=O)n(Cc2ccccc2Cl)c1. The number of carbonyl (C=O) groups excluding carboxylic acids is 1. The highest BCUT2D eigenvalue weighted by Gasteiger charge is 2.42. The molecule has 0 aliphatic heterocycles. The van der Waals surface area contributed by atoms with Crippen molar-refractivity contribution in [1.82, 2.24) is 9.88 Å². The molecule has 2 N–H and O–H groups in total. The third-order valence-corrected chi connectivity index (χ3v) is 5.13. The lowest BCUT2D eigenvalue weighted by Crippen LogP contribution is -2.52. The van der Waals surface area contributed by atoms with Crippen molar-refractivity contribution < 1.29 is 14.7 Å². The second-order valence-corrected chi connectivity index (χ2v) is 6.93. The average Bonchev–Trinajstić information content (AvgIpc) is 3.08. The van der Waals surface area contributed by atoms with Crippen molar-refractivity contribution in [3.63, 3.8) is 0 Å². The fraction of sp³-hybridized carbons (Fsp3) is 0.316. The molecule has 2 aromatic rings. The molecule has 0 atom stereocenters. The summed E-state index contributed by atoms with van der Waals surface area (Å²) in [5, 5.41) is 12.7. The van der Waals surface area contributed by atoms with Crippen LogP contribution in [0.2, 0.25) is 5.02 Å². The van der Waals surface area contributed by atoms with Gasteiger partial charge in [-0.25, -0.2) is 4.79 Å². The van der Waals surface area contributed by atoms with Crippen LogP contribution < -0.4 is 10.9 Å². The van der Waals surface area contributed by atoms with E-state index in [0.29, 0.717) is 17.9 Å². The van der Waals surface area contributed by atoms with Gasteiger partial charge in [-0.3, -0.25) is 9.59 Å². The molecule has 1 heterocycles. The zero-order valence-corrected chi connectivity index (χ0v) is 14.8. The van der Waals surface area contributed by atoms with E-state index in [1.165, 1.54) is 22.9 Å². The summed E-state index contributed by atoms with van der Waals surface area (Å²) in [6.45, 7) is 0.226. The van der Waals surface area contributed by atoms with E-state index in [2.05, 4.69) is 5.32 Å². The highest BCUT2D eigenvalue weighted by Crippen LogP contribution is 2.30. The topological polar surface area (TPSA) is 88.4 Å². The number of carboxylic acid groups (broad SMARTS) is 1. The molecule has 0 spiro atoms. The number of nitrogens with zero attached hydrogens (tertiary/aromatic N) is 1. The van der Waals surface area contributed by atoms with Crippen molar-refractivity contribution in [2.24, 2.45) is 0 Å². The first-order valence-corrected chi connectivity index (χ1v) is 8.79. The van der Waals surface area contributed by atoms with Crippen LogP contribution in [0, 0.1) is 0 Å². The Bertz CT molecular complexity index is 900. The molecule has 0 radical (unpaired) electrons. The van der Waals surface area contributed by atoms with E-state index in [9.17, 15) is 19.5 Å². The zero-order chi connectivity index (χ0) is 18.7. The van der Waals surface area contributed by atoms with Crippen LogP contribution in [0.3, 0.4) is 0 Å². The second kappa shape index (κ2) is 7.33. The van der Waals surface area contributed by atoms with Crippen LogP contribution in [0.5, 0.6) is 0 Å². The summed E-state index contributed by atoms with van der Waals surface area (Å²) in [7, 11) is 0. The quantitative estimate of drug-likeness (QED) is 0.842. The maximum absolute atomic E-state index is 12.6. The minimum atomic E-state index is -1.22. The van der Waals surface area contributed by atoms with Gasteiger partial charge >= 0.3 is 5.97 Å². The van der Waals surface area contributed by atoms with Crippen LogP contribution in [0.1, 0.15) is 41.6 Å². The number of pyridine rings is 1. The molecule has 1 aliphatic rings. The summed E-state index contributed by atoms with van der Waals surface area (Å²) in [5.74, 6) is -1.52. The number of aliphatic carboxylic acids is 1. The zero-order valence-electron chi connectivity index (χ0n) is 14.1. The van der Waals surface area contributed by atoms with Gasteiger partial charge in [-0.1, -0.05) is 42.6 Å². The summed E-state index contributed by atoms with van der Waals surface area (Å²) in [5.41, 5.74) is -0.494. The van der Waals surface area contributed by atoms with Gasteiger partial charge in [0.25, 0.3) is 11.5 Å². The number of benzene rings is 1. The Morgan fingerprint density at radius 1 is 1.15 bits per heavy atom. The molecule has 1 fully saturated rings. The molecule has 3 rings (SSSR count). The number of hydrogen-bond donors (Lipinski definition) is 2. The lowest BCUT2D eigenvalue weighted by molar-refractivity contribution is -0.144. The van der Waals surface area contributed by atoms with Crippen LogP contribution in [0.4, 0.5) is 0 Å². The van der Waals surface area contributed by atoms with Gasteiger partial charge in [0, 0.05) is 17.3 Å². The molecular formula is C19H19ClN2O4. The van der Waals surface area contributed by atoms with Crippen molar-refractivity contribution in [3.05, 3.63) is 69.1 Å². The fourth-order valence-corrected chi connectivity index (χ4v) is 3.46. The van der Waals surface area contributed by atoms with Gasteiger partial charge in [-0.15, -0.1) is 0 Å². The number of nitrogens with one attached hydrogen (secondary N) is 1. The molecule has 0 unspecified atom stereocenters. The van der Waals surface area contributed by atoms with Crippen molar-refractivity contribution >= 4 is 23.5 Å². The summed E-state index contributed by atoms with van der Waals surface area (Å²) < 4.78 is 1.39. The lowest BCUT2D eigenvalue weighted by Gasteiger charge is -2.25. The van der Waals surface area contributed by atoms with E-state index >= 15 is 0 Å². The van der Waals surface area contributed by atoms with Crippen molar-refractivity contribution in [2.45, 2.75) is 37.8 Å². The van der Waals surface area contributed by atoms with Crippen LogP contribution >= 0.6 is 11.6 Å². The maximum atomic E-state index is 12.6. The van der Waals surface area contributed by atoms with Gasteiger partial charge in [0.1, 0.15) is 5.54 Å². The predicted molar refractivity (Wildman–Crippen MR) is 97.6 cm³/mol. The number of carboxylic acids is 1. The molecule has 136 valence electrons. The Kier molecular flexibility index (Phi) is 5.13. The summed E-state index contributed by atoms with van der Waals surface area (Å²) >= 11 is 6.14. The van der Waals surface area contributed by atoms with Crippen molar-refractivity contribution in [2.75, 3.05) is 0 Å². The first-order valence-electron chi connectivity index (χ1n) is 8.41. The summed E-state index contributed by atoms with van der Waals surface area (Å²) in [6, 6.07) is 9.86. The van der Waals surface area contributed by atoms with E-state index in [1.807, 2.05) is 6.07 Å². The monoisotopic (exact) mass is 374 g/mol. The minimum Gasteiger partial charge on any atom is -0.480 e. The molecule has 1 aliphatic carbocycles. The minimum absolute atomic E-state index is 0.226. The average molecular weight is 375 g/mol. The van der Waals surface area contributed by atoms with Crippen LogP contribution in [-0.2, 0) is 11.3 Å². The number of amides is 1. The normalized spacial score (nSPS) is 15.6. The summed E-state index contributed by atoms with van der Waals surface area (Å²) in [4.78, 5) is 36.3. The molecule has 1 saturated carbocycles. The molecule has 0 bridgehead atoms. The van der Waals surface area contributed by atoms with E-state index in [0.717, 1.165) is 18.4 Å². The number of carbonyl (C=O) groups is 2. The van der Waals surface area contributed by atoms with Gasteiger partial charge < -0.3 is 15.0 Å². The smallest absolute Gasteiger partial charge is 0.329 e. The third-order valence-electron chi connectivity index (χ3n) is 4.76. The van der Waals surface area contributed by atoms with Crippen molar-refractivity contribution in [1.29, 1.82) is 0 Å². The van der Waals surface area contributed by atoms with Gasteiger partial charge in [-0.2, -0.15) is 0 Å². The molecule has 6 nitrogen and oxygen atoms in total. The van der Waals surface area contributed by atoms with E-state index in [1.54, 1.807) is 18.2 Å². The van der Waals surface area contributed by atoms with Crippen LogP contribution in [0.15, 0.2) is 47.4 Å². The van der Waals surface area contributed by atoms with E-state index in [4.69, 9.17) is 11.6 Å². The fourth-order valence-electron chi connectivity index (χ4n) is 3.26. The predicted octanol–water partition coefficient (Wildman–Crippen LogP) is 2.68. The highest BCUT2D eigenvalue weighted by molar-refractivity contribution is 6.31. The molecule has 1 amide bonds. The lowest BCUT2D eigenvalue weighted by atomic mass is 9.97. The van der Waals surface area contributed by atoms with Crippen LogP contribution in [-0.4, -0.2) is 27.1 Å². The standard InChI is InChI=1S/C19H19ClN2O4/c20-15-6-2-1-5-13(15)11-22-12-14(7-8-16(22)23)17(24)21-19(18(25)26)9-3-4-10-19/h1-2,5-8,12H,3-4,9-11H2,(H,21,24)(H,25,26). The third kappa shape index (κ3) is 3.65. The second-order valence-electron chi connectivity index (χ2n) is 6.52. The molecular weight excluding hydrogens is 356 g/mol. The maximum Gasteiger partial charge on any atom is 0.329 e. The van der Waals surface area contributed by atoms with Gasteiger partial charge in [-0.05, 0) is 30.5 Å². The molecule has 1 aromatic heterocycles. The number of halogens is 1. The Balaban J connectivity index is 1.85. The Hall–Kier alpha value is -2.60. The molecule has 0 saturated heterocycles. The summed E-state index contributed by atoms with van der Waals surface area (Å²) in [6.07, 6.45) is 3.78. The molecule has 26 heavy (non-hydrogen) atoms. The number of hydrogen-bond acceptors (Lipinski definition) is 3.